The smallest absolute Gasteiger partial charge is 0.158 e. The number of ketones is 1. The number of halogens is 2. The van der Waals surface area contributed by atoms with Crippen LogP contribution in [0.2, 0.25) is 0 Å². The van der Waals surface area contributed by atoms with Crippen molar-refractivity contribution >= 4 is 27.3 Å². The number of carbonyl (C=O) groups excluding carboxylic acids is 1. The van der Waals surface area contributed by atoms with Crippen molar-refractivity contribution in [3.8, 4) is 5.75 Å². The Kier molecular flexibility index (Phi) is 3.05. The molecule has 1 N–H and O–H groups in total. The quantitative estimate of drug-likeness (QED) is 0.824. The molecular weight excluding hydrogens is 323 g/mol. The number of allylic oxidation sites excluding steroid dienone is 2. The van der Waals surface area contributed by atoms with E-state index >= 15 is 0 Å². The van der Waals surface area contributed by atoms with Gasteiger partial charge in [-0.05, 0) is 58.8 Å². The molecule has 0 aliphatic heterocycles. The summed E-state index contributed by atoms with van der Waals surface area (Å²) in [5, 5.41) is 9.80. The topological polar surface area (TPSA) is 37.3 Å². The Labute approximate surface area is 125 Å². The zero-order valence-electron chi connectivity index (χ0n) is 11.5. The Balaban J connectivity index is 2.37. The van der Waals surface area contributed by atoms with E-state index in [4.69, 9.17) is 0 Å². The van der Waals surface area contributed by atoms with Crippen molar-refractivity contribution in [1.82, 2.24) is 0 Å². The lowest BCUT2D eigenvalue weighted by Crippen LogP contribution is -2.27. The minimum atomic E-state index is -0.430. The zero-order valence-corrected chi connectivity index (χ0v) is 13.1. The second-order valence-electron chi connectivity index (χ2n) is 5.78. The average Bonchev–Trinajstić information content (AvgIpc) is 2.78. The highest BCUT2D eigenvalue weighted by atomic mass is 79.9. The molecule has 0 saturated heterocycles. The van der Waals surface area contributed by atoms with E-state index in [-0.39, 0.29) is 16.9 Å². The van der Waals surface area contributed by atoms with Crippen LogP contribution >= 0.6 is 15.9 Å². The molecule has 4 heteroatoms. The molecule has 1 aromatic rings. The summed E-state index contributed by atoms with van der Waals surface area (Å²) in [5.41, 5.74) is 2.73. The molecule has 0 aromatic heterocycles. The number of hydrogen-bond donors (Lipinski definition) is 1. The molecule has 20 heavy (non-hydrogen) atoms. The largest absolute Gasteiger partial charge is 0.507 e. The van der Waals surface area contributed by atoms with Crippen LogP contribution in [-0.4, -0.2) is 10.9 Å². The molecule has 2 aliphatic rings. The lowest BCUT2D eigenvalue weighted by molar-refractivity contribution is -0.116. The summed E-state index contributed by atoms with van der Waals surface area (Å²) >= 11 is 3.36. The van der Waals surface area contributed by atoms with Crippen LogP contribution in [0.15, 0.2) is 16.1 Å². The highest BCUT2D eigenvalue weighted by Crippen LogP contribution is 2.58. The first-order chi connectivity index (χ1) is 9.41. The van der Waals surface area contributed by atoms with Crippen LogP contribution in [0.3, 0.4) is 0 Å². The van der Waals surface area contributed by atoms with Gasteiger partial charge in [0.1, 0.15) is 11.6 Å². The van der Waals surface area contributed by atoms with Crippen molar-refractivity contribution in [2.45, 2.75) is 39.5 Å². The molecule has 1 aromatic carbocycles. The number of phenols is 1. The third kappa shape index (κ3) is 1.63. The van der Waals surface area contributed by atoms with Gasteiger partial charge in [0.2, 0.25) is 0 Å². The normalized spacial score (nSPS) is 24.9. The Morgan fingerprint density at radius 1 is 1.50 bits per heavy atom. The van der Waals surface area contributed by atoms with E-state index in [0.29, 0.717) is 28.5 Å². The average molecular weight is 339 g/mol. The molecule has 3 rings (SSSR count). The molecule has 106 valence electrons. The maximum absolute atomic E-state index is 14.4. The Bertz CT molecular complexity index is 663. The minimum absolute atomic E-state index is 0.0734. The summed E-state index contributed by atoms with van der Waals surface area (Å²) in [4.78, 5) is 12.0. The Morgan fingerprint density at radius 2 is 2.20 bits per heavy atom. The number of phenolic OH excluding ortho intramolecular Hbond substituents is 1. The number of rotatable bonds is 1. The van der Waals surface area contributed by atoms with E-state index in [1.165, 1.54) is 0 Å². The van der Waals surface area contributed by atoms with Crippen molar-refractivity contribution in [2.75, 3.05) is 0 Å². The van der Waals surface area contributed by atoms with Crippen LogP contribution in [-0.2, 0) is 11.2 Å². The summed E-state index contributed by atoms with van der Waals surface area (Å²) < 4.78 is 14.9. The summed E-state index contributed by atoms with van der Waals surface area (Å²) in [6, 6.07) is 1.13. The van der Waals surface area contributed by atoms with E-state index in [1.54, 1.807) is 6.92 Å². The van der Waals surface area contributed by atoms with E-state index < -0.39 is 5.82 Å². The van der Waals surface area contributed by atoms with Crippen molar-refractivity contribution in [1.29, 1.82) is 0 Å². The fraction of sp³-hybridized carbons (Fsp3) is 0.438. The zero-order chi connectivity index (χ0) is 14.7. The summed E-state index contributed by atoms with van der Waals surface area (Å²) in [6.07, 6.45) is 2.84. The molecule has 0 heterocycles. The van der Waals surface area contributed by atoms with Gasteiger partial charge in [0, 0.05) is 23.5 Å². The number of Topliss-reactive ketones (excluding diaryl/α,β-unsaturated/α-hetero) is 1. The fourth-order valence-electron chi connectivity index (χ4n) is 3.75. The van der Waals surface area contributed by atoms with Crippen LogP contribution in [0.1, 0.15) is 44.2 Å². The lowest BCUT2D eigenvalue weighted by Gasteiger charge is -2.34. The van der Waals surface area contributed by atoms with Crippen LogP contribution in [0.5, 0.6) is 5.75 Å². The SMILES string of the molecule is CCC12CCC(=O)C(C)=C1c1c(F)cc(O)c(Br)c1C2. The van der Waals surface area contributed by atoms with Crippen molar-refractivity contribution < 1.29 is 14.3 Å². The predicted molar refractivity (Wildman–Crippen MR) is 79.0 cm³/mol. The van der Waals surface area contributed by atoms with Crippen molar-refractivity contribution in [2.24, 2.45) is 5.41 Å². The number of carbonyl (C=O) groups is 1. The third-order valence-corrected chi connectivity index (χ3v) is 5.77. The molecule has 1 unspecified atom stereocenters. The first kappa shape index (κ1) is 13.8. The van der Waals surface area contributed by atoms with Gasteiger partial charge in [0.25, 0.3) is 0 Å². The molecule has 0 spiro atoms. The standard InChI is InChI=1S/C16H16BrFO2/c1-3-16-5-4-11(19)8(2)14(16)13-9(7-16)15(17)12(20)6-10(13)18/h6,20H,3-5,7H2,1-2H3. The molecule has 1 atom stereocenters. The second kappa shape index (κ2) is 4.42. The van der Waals surface area contributed by atoms with Gasteiger partial charge in [-0.2, -0.15) is 0 Å². The van der Waals surface area contributed by atoms with Gasteiger partial charge < -0.3 is 5.11 Å². The molecular formula is C16H16BrFO2. The monoisotopic (exact) mass is 338 g/mol. The summed E-state index contributed by atoms with van der Waals surface area (Å²) in [5.74, 6) is -0.392. The molecule has 0 amide bonds. The molecule has 0 fully saturated rings. The summed E-state index contributed by atoms with van der Waals surface area (Å²) in [6.45, 7) is 3.89. The van der Waals surface area contributed by atoms with Gasteiger partial charge in [-0.3, -0.25) is 4.79 Å². The molecule has 2 aliphatic carbocycles. The van der Waals surface area contributed by atoms with Gasteiger partial charge in [-0.25, -0.2) is 4.39 Å². The van der Waals surface area contributed by atoms with E-state index in [9.17, 15) is 14.3 Å². The highest BCUT2D eigenvalue weighted by molar-refractivity contribution is 9.10. The van der Waals surface area contributed by atoms with Crippen molar-refractivity contribution in [3.63, 3.8) is 0 Å². The van der Waals surface area contributed by atoms with Crippen molar-refractivity contribution in [3.05, 3.63) is 33.1 Å². The fourth-order valence-corrected chi connectivity index (χ4v) is 4.20. The molecule has 0 radical (unpaired) electrons. The molecule has 2 nitrogen and oxygen atoms in total. The van der Waals surface area contributed by atoms with Gasteiger partial charge in [-0.1, -0.05) is 6.92 Å². The molecule has 0 saturated carbocycles. The van der Waals surface area contributed by atoms with Gasteiger partial charge in [0.05, 0.1) is 4.47 Å². The van der Waals surface area contributed by atoms with E-state index in [1.807, 2.05) is 0 Å². The van der Waals surface area contributed by atoms with E-state index in [0.717, 1.165) is 30.0 Å². The summed E-state index contributed by atoms with van der Waals surface area (Å²) in [7, 11) is 0. The maximum Gasteiger partial charge on any atom is 0.158 e. The second-order valence-corrected chi connectivity index (χ2v) is 6.57. The van der Waals surface area contributed by atoms with E-state index in [2.05, 4.69) is 22.9 Å². The molecule has 0 bridgehead atoms. The lowest BCUT2D eigenvalue weighted by atomic mass is 9.68. The first-order valence-corrected chi connectivity index (χ1v) is 7.65. The number of hydrogen-bond acceptors (Lipinski definition) is 2. The number of benzene rings is 1. The number of aromatic hydroxyl groups is 1. The van der Waals surface area contributed by atoms with Crippen LogP contribution in [0, 0.1) is 11.2 Å². The van der Waals surface area contributed by atoms with Gasteiger partial charge >= 0.3 is 0 Å². The number of fused-ring (bicyclic) bond motifs is 3. The maximum atomic E-state index is 14.4. The highest BCUT2D eigenvalue weighted by Gasteiger charge is 2.47. The van der Waals surface area contributed by atoms with Crippen LogP contribution in [0.4, 0.5) is 4.39 Å². The predicted octanol–water partition coefficient (Wildman–Crippen LogP) is 4.38. The van der Waals surface area contributed by atoms with Crippen LogP contribution < -0.4 is 0 Å². The van der Waals surface area contributed by atoms with Gasteiger partial charge in [-0.15, -0.1) is 0 Å². The minimum Gasteiger partial charge on any atom is -0.507 e. The van der Waals surface area contributed by atoms with Gasteiger partial charge in [0.15, 0.2) is 5.78 Å². The Hall–Kier alpha value is -1.16. The first-order valence-electron chi connectivity index (χ1n) is 6.86. The third-order valence-electron chi connectivity index (χ3n) is 4.89. The van der Waals surface area contributed by atoms with Crippen LogP contribution in [0.25, 0.3) is 5.57 Å². The Morgan fingerprint density at radius 3 is 2.85 bits per heavy atom.